The molecule has 1 aromatic carbocycles. The van der Waals surface area contributed by atoms with E-state index in [1.165, 1.54) is 0 Å². The highest BCUT2D eigenvalue weighted by Crippen LogP contribution is 2.39. The van der Waals surface area contributed by atoms with Gasteiger partial charge in [0.15, 0.2) is 0 Å². The maximum atomic E-state index is 5.53. The first-order chi connectivity index (χ1) is 6.11. The molecular formula is C9H6Br2OS. The standard InChI is InChI=1S/C9H6Br2OS/c10-9(11)5-12-7-4-2-1-3-6(7)8(9)13/h1-4H,5H2. The molecule has 0 atom stereocenters. The molecule has 0 aromatic heterocycles. The van der Waals surface area contributed by atoms with Crippen LogP contribution in [0.5, 0.6) is 5.75 Å². The third-order valence-corrected chi connectivity index (χ3v) is 4.22. The van der Waals surface area contributed by atoms with Gasteiger partial charge in [-0.25, -0.2) is 0 Å². The van der Waals surface area contributed by atoms with Gasteiger partial charge in [-0.3, -0.25) is 0 Å². The molecule has 68 valence electrons. The highest BCUT2D eigenvalue weighted by Gasteiger charge is 2.35. The molecule has 13 heavy (non-hydrogen) atoms. The van der Waals surface area contributed by atoms with Crippen molar-refractivity contribution in [3.8, 4) is 5.75 Å². The fourth-order valence-corrected chi connectivity index (χ4v) is 2.09. The second kappa shape index (κ2) is 3.33. The van der Waals surface area contributed by atoms with Gasteiger partial charge in [-0.15, -0.1) is 0 Å². The molecule has 1 aromatic rings. The molecule has 0 saturated carbocycles. The summed E-state index contributed by atoms with van der Waals surface area (Å²) in [6.45, 7) is 0.517. The third-order valence-electron chi connectivity index (χ3n) is 1.87. The van der Waals surface area contributed by atoms with E-state index in [0.717, 1.165) is 16.2 Å². The molecule has 0 unspecified atom stereocenters. The van der Waals surface area contributed by atoms with E-state index in [1.54, 1.807) is 0 Å². The molecule has 2 rings (SSSR count). The maximum absolute atomic E-state index is 5.53. The van der Waals surface area contributed by atoms with Crippen LogP contribution in [-0.4, -0.2) is 14.7 Å². The highest BCUT2D eigenvalue weighted by molar-refractivity contribution is 9.26. The number of hydrogen-bond acceptors (Lipinski definition) is 2. The number of hydrogen-bond donors (Lipinski definition) is 0. The van der Waals surface area contributed by atoms with Crippen molar-refractivity contribution in [2.75, 3.05) is 6.61 Å². The minimum absolute atomic E-state index is 0.385. The minimum Gasteiger partial charge on any atom is -0.490 e. The number of ether oxygens (including phenoxy) is 1. The summed E-state index contributed by atoms with van der Waals surface area (Å²) in [5.74, 6) is 0.863. The quantitative estimate of drug-likeness (QED) is 0.535. The van der Waals surface area contributed by atoms with Gasteiger partial charge in [0, 0.05) is 5.56 Å². The average molecular weight is 322 g/mol. The lowest BCUT2D eigenvalue weighted by Crippen LogP contribution is -2.35. The van der Waals surface area contributed by atoms with E-state index in [1.807, 2.05) is 24.3 Å². The van der Waals surface area contributed by atoms with Crippen molar-refractivity contribution in [3.63, 3.8) is 0 Å². The van der Waals surface area contributed by atoms with Crippen LogP contribution in [0.25, 0.3) is 0 Å². The molecule has 0 N–H and O–H groups in total. The zero-order valence-electron chi connectivity index (χ0n) is 6.59. The number of para-hydroxylation sites is 1. The van der Waals surface area contributed by atoms with Crippen LogP contribution in [0.4, 0.5) is 0 Å². The SMILES string of the molecule is S=C1c2ccccc2OCC1(Br)Br. The fourth-order valence-electron chi connectivity index (χ4n) is 1.21. The van der Waals surface area contributed by atoms with Crippen molar-refractivity contribution < 1.29 is 4.74 Å². The lowest BCUT2D eigenvalue weighted by molar-refractivity contribution is 0.321. The summed E-state index contributed by atoms with van der Waals surface area (Å²) in [5.41, 5.74) is 0.984. The Morgan fingerprint density at radius 2 is 2.00 bits per heavy atom. The monoisotopic (exact) mass is 320 g/mol. The van der Waals surface area contributed by atoms with E-state index >= 15 is 0 Å². The first-order valence-corrected chi connectivity index (χ1v) is 5.75. The van der Waals surface area contributed by atoms with Gasteiger partial charge in [0.05, 0.1) is 4.86 Å². The molecule has 0 amide bonds. The molecule has 0 bridgehead atoms. The van der Waals surface area contributed by atoms with Gasteiger partial charge in [-0.05, 0) is 6.07 Å². The van der Waals surface area contributed by atoms with Crippen molar-refractivity contribution in [1.82, 2.24) is 0 Å². The first-order valence-electron chi connectivity index (χ1n) is 3.76. The van der Waals surface area contributed by atoms with Crippen LogP contribution in [0.1, 0.15) is 5.56 Å². The lowest BCUT2D eigenvalue weighted by atomic mass is 10.1. The van der Waals surface area contributed by atoms with Crippen LogP contribution in [0.2, 0.25) is 0 Å². The minimum atomic E-state index is -0.385. The molecule has 1 nitrogen and oxygen atoms in total. The number of benzene rings is 1. The Morgan fingerprint density at radius 1 is 1.31 bits per heavy atom. The van der Waals surface area contributed by atoms with E-state index < -0.39 is 0 Å². The molecule has 1 aliphatic heterocycles. The van der Waals surface area contributed by atoms with Crippen molar-refractivity contribution >= 4 is 48.9 Å². The van der Waals surface area contributed by atoms with Gasteiger partial charge in [-0.1, -0.05) is 62.3 Å². The van der Waals surface area contributed by atoms with Crippen LogP contribution in [-0.2, 0) is 0 Å². The number of rotatable bonds is 0. The Hall–Kier alpha value is 0.0700. The van der Waals surface area contributed by atoms with Crippen molar-refractivity contribution in [1.29, 1.82) is 0 Å². The number of fused-ring (bicyclic) bond motifs is 1. The molecular weight excluding hydrogens is 316 g/mol. The van der Waals surface area contributed by atoms with Crippen LogP contribution >= 0.6 is 44.1 Å². The molecule has 1 aliphatic rings. The number of thiocarbonyl (C=S) groups is 1. The van der Waals surface area contributed by atoms with Crippen molar-refractivity contribution in [2.45, 2.75) is 3.23 Å². The molecule has 0 saturated heterocycles. The van der Waals surface area contributed by atoms with E-state index in [0.29, 0.717) is 6.61 Å². The summed E-state index contributed by atoms with van der Waals surface area (Å²) in [4.78, 5) is 0.842. The summed E-state index contributed by atoms with van der Waals surface area (Å²) < 4.78 is 5.14. The predicted molar refractivity (Wildman–Crippen MR) is 64.2 cm³/mol. The lowest BCUT2D eigenvalue weighted by Gasteiger charge is -2.28. The number of halogens is 2. The van der Waals surface area contributed by atoms with Crippen molar-refractivity contribution in [3.05, 3.63) is 29.8 Å². The zero-order chi connectivity index (χ0) is 9.47. The largest absolute Gasteiger partial charge is 0.490 e. The maximum Gasteiger partial charge on any atom is 0.150 e. The van der Waals surface area contributed by atoms with Crippen molar-refractivity contribution in [2.24, 2.45) is 0 Å². The third kappa shape index (κ3) is 1.67. The zero-order valence-corrected chi connectivity index (χ0v) is 10.6. The van der Waals surface area contributed by atoms with Gasteiger partial charge in [0.25, 0.3) is 0 Å². The fraction of sp³-hybridized carbons (Fsp3) is 0.222. The molecule has 1 heterocycles. The van der Waals surface area contributed by atoms with Gasteiger partial charge >= 0.3 is 0 Å². The molecule has 0 spiro atoms. The average Bonchev–Trinajstić information content (AvgIpc) is 2.13. The van der Waals surface area contributed by atoms with E-state index in [9.17, 15) is 0 Å². The van der Waals surface area contributed by atoms with Gasteiger partial charge in [-0.2, -0.15) is 0 Å². The molecule has 0 aliphatic carbocycles. The second-order valence-corrected chi connectivity index (χ2v) is 7.00. The van der Waals surface area contributed by atoms with E-state index in [2.05, 4.69) is 31.9 Å². The van der Waals surface area contributed by atoms with E-state index in [4.69, 9.17) is 17.0 Å². The van der Waals surface area contributed by atoms with Gasteiger partial charge in [0.2, 0.25) is 0 Å². The Kier molecular flexibility index (Phi) is 2.47. The van der Waals surface area contributed by atoms with Gasteiger partial charge < -0.3 is 4.74 Å². The Bertz CT molecular complexity index is 362. The van der Waals surface area contributed by atoms with Crippen LogP contribution in [0.3, 0.4) is 0 Å². The van der Waals surface area contributed by atoms with Crippen LogP contribution in [0.15, 0.2) is 24.3 Å². The Balaban J connectivity index is 2.52. The Labute approximate surface area is 98.7 Å². The molecule has 0 radical (unpaired) electrons. The highest BCUT2D eigenvalue weighted by atomic mass is 79.9. The van der Waals surface area contributed by atoms with E-state index in [-0.39, 0.29) is 3.23 Å². The number of alkyl halides is 2. The van der Waals surface area contributed by atoms with Gasteiger partial charge in [0.1, 0.15) is 15.6 Å². The van der Waals surface area contributed by atoms with Crippen LogP contribution in [0, 0.1) is 0 Å². The summed E-state index contributed by atoms with van der Waals surface area (Å²) in [6.07, 6.45) is 0. The molecule has 4 heteroatoms. The summed E-state index contributed by atoms with van der Waals surface area (Å²) >= 11 is 12.3. The summed E-state index contributed by atoms with van der Waals surface area (Å²) in [7, 11) is 0. The molecule has 0 fully saturated rings. The first kappa shape index (κ1) is 9.62. The summed E-state index contributed by atoms with van der Waals surface area (Å²) in [5, 5.41) is 0. The summed E-state index contributed by atoms with van der Waals surface area (Å²) in [6, 6.07) is 7.79. The Morgan fingerprint density at radius 3 is 2.77 bits per heavy atom. The predicted octanol–water partition coefficient (Wildman–Crippen LogP) is 3.28. The normalized spacial score (nSPS) is 19.1. The second-order valence-electron chi connectivity index (χ2n) is 2.82. The van der Waals surface area contributed by atoms with Crippen LogP contribution < -0.4 is 4.74 Å². The smallest absolute Gasteiger partial charge is 0.150 e. The topological polar surface area (TPSA) is 9.23 Å².